The molecule has 3 heterocycles. The van der Waals surface area contributed by atoms with Crippen LogP contribution in [-0.4, -0.2) is 9.55 Å². The van der Waals surface area contributed by atoms with Crippen molar-refractivity contribution in [2.24, 2.45) is 0 Å². The van der Waals surface area contributed by atoms with Crippen LogP contribution in [0.3, 0.4) is 0 Å². The fraction of sp³-hybridized carbons (Fsp3) is 0.158. The second kappa shape index (κ2) is 11.6. The monoisotopic (exact) mass is 756 g/mol. The quantitative estimate of drug-likeness (QED) is 0.164. The molecule has 0 spiro atoms. The summed E-state index contributed by atoms with van der Waals surface area (Å²) in [6, 6.07) is 36.2. The number of fused-ring (bicyclic) bond motifs is 3. The van der Waals surface area contributed by atoms with Crippen molar-refractivity contribution in [1.82, 2.24) is 9.55 Å². The molecule has 0 radical (unpaired) electrons. The number of para-hydroxylation sites is 1. The number of aromatic nitrogens is 2. The van der Waals surface area contributed by atoms with Gasteiger partial charge < -0.3 is 19.1 Å². The molecule has 0 atom stereocenters. The van der Waals surface area contributed by atoms with Gasteiger partial charge in [0.2, 0.25) is 0 Å². The van der Waals surface area contributed by atoms with Gasteiger partial charge in [0, 0.05) is 50.0 Å². The molecule has 0 fully saturated rings. The number of rotatable bonds is 5. The Bertz CT molecular complexity index is 2020. The molecular formula is C38H33N4OPt-3. The average molecular weight is 757 g/mol. The number of ether oxygens (including phenoxy) is 1. The van der Waals surface area contributed by atoms with E-state index in [0.717, 1.165) is 39.0 Å². The van der Waals surface area contributed by atoms with E-state index >= 15 is 0 Å². The second-order valence-corrected chi connectivity index (χ2v) is 12.1. The van der Waals surface area contributed by atoms with Gasteiger partial charge in [-0.3, -0.25) is 0 Å². The minimum Gasteiger partial charge on any atom is -0.509 e. The van der Waals surface area contributed by atoms with Crippen LogP contribution >= 0.6 is 0 Å². The van der Waals surface area contributed by atoms with Crippen LogP contribution in [0.15, 0.2) is 104 Å². The van der Waals surface area contributed by atoms with Crippen LogP contribution in [0.1, 0.15) is 37.5 Å². The van der Waals surface area contributed by atoms with Gasteiger partial charge in [-0.2, -0.15) is 12.1 Å². The van der Waals surface area contributed by atoms with E-state index in [1.54, 1.807) is 0 Å². The molecule has 6 aromatic rings. The fourth-order valence-electron chi connectivity index (χ4n) is 5.58. The Morgan fingerprint density at radius 3 is 2.41 bits per heavy atom. The van der Waals surface area contributed by atoms with E-state index in [-0.39, 0.29) is 26.5 Å². The van der Waals surface area contributed by atoms with Crippen molar-refractivity contribution in [1.29, 1.82) is 0 Å². The topological polar surface area (TPSA) is 33.5 Å². The minimum absolute atomic E-state index is 0. The predicted octanol–water partition coefficient (Wildman–Crippen LogP) is 9.40. The third kappa shape index (κ3) is 5.53. The van der Waals surface area contributed by atoms with Crippen LogP contribution in [0.4, 0.5) is 11.4 Å². The Kier molecular flexibility index (Phi) is 7.85. The van der Waals surface area contributed by atoms with Crippen LogP contribution in [0.25, 0.3) is 27.6 Å². The van der Waals surface area contributed by atoms with E-state index in [2.05, 4.69) is 130 Å². The minimum atomic E-state index is 0. The van der Waals surface area contributed by atoms with Crippen molar-refractivity contribution in [3.8, 4) is 17.3 Å². The summed E-state index contributed by atoms with van der Waals surface area (Å²) in [5.74, 6) is 2.11. The predicted molar refractivity (Wildman–Crippen MR) is 176 cm³/mol. The van der Waals surface area contributed by atoms with E-state index in [1.807, 2.05) is 41.6 Å². The summed E-state index contributed by atoms with van der Waals surface area (Å²) in [4.78, 5) is 8.96. The summed E-state index contributed by atoms with van der Waals surface area (Å²) in [5, 5.41) is 2.26. The number of benzene rings is 4. The average Bonchev–Trinajstić information content (AvgIpc) is 3.61. The molecule has 0 saturated carbocycles. The van der Waals surface area contributed by atoms with Gasteiger partial charge >= 0.3 is 0 Å². The molecule has 0 N–H and O–H groups in total. The molecule has 1 aliphatic heterocycles. The molecule has 44 heavy (non-hydrogen) atoms. The van der Waals surface area contributed by atoms with E-state index < -0.39 is 0 Å². The van der Waals surface area contributed by atoms with Gasteiger partial charge in [-0.05, 0) is 78.0 Å². The largest absolute Gasteiger partial charge is 0.509 e. The molecule has 0 amide bonds. The first-order chi connectivity index (χ1) is 20.7. The molecule has 0 saturated heterocycles. The molecule has 5 nitrogen and oxygen atoms in total. The van der Waals surface area contributed by atoms with Crippen molar-refractivity contribution >= 4 is 33.2 Å². The van der Waals surface area contributed by atoms with Crippen molar-refractivity contribution in [2.75, 3.05) is 9.80 Å². The number of hydrogen-bond donors (Lipinski definition) is 0. The SMILES string of the molecule is Cc1ccc(C)c(N2C=CN(c3[c-]c(Oc4[c-]c5c(cc4)c4ccccc4n5-c4cc(C(C)(C)C)ccn4)ccc3)[CH-]2)c1.[Pt]. The van der Waals surface area contributed by atoms with E-state index in [4.69, 9.17) is 9.72 Å². The van der Waals surface area contributed by atoms with Crippen LogP contribution in [0.2, 0.25) is 0 Å². The van der Waals surface area contributed by atoms with Gasteiger partial charge in [0.1, 0.15) is 5.82 Å². The summed E-state index contributed by atoms with van der Waals surface area (Å²) < 4.78 is 8.55. The Labute approximate surface area is 273 Å². The maximum Gasteiger partial charge on any atom is 0.135 e. The van der Waals surface area contributed by atoms with Crippen LogP contribution in [0, 0.1) is 32.6 Å². The first-order valence-electron chi connectivity index (χ1n) is 14.5. The summed E-state index contributed by atoms with van der Waals surface area (Å²) in [6.45, 7) is 13.0. The van der Waals surface area contributed by atoms with E-state index in [1.165, 1.54) is 16.7 Å². The number of hydrogen-bond acceptors (Lipinski definition) is 4. The Morgan fingerprint density at radius 1 is 0.773 bits per heavy atom. The number of pyridine rings is 1. The zero-order chi connectivity index (χ0) is 29.7. The molecule has 0 unspecified atom stereocenters. The number of aryl methyl sites for hydroxylation is 2. The molecule has 1 aliphatic rings. The van der Waals surface area contributed by atoms with Crippen LogP contribution < -0.4 is 14.5 Å². The van der Waals surface area contributed by atoms with E-state index in [0.29, 0.717) is 11.5 Å². The third-order valence-electron chi connectivity index (χ3n) is 7.93. The van der Waals surface area contributed by atoms with Crippen molar-refractivity contribution in [3.63, 3.8) is 0 Å². The normalized spacial score (nSPS) is 13.1. The van der Waals surface area contributed by atoms with Gasteiger partial charge in [0.05, 0.1) is 0 Å². The molecule has 6 heteroatoms. The first-order valence-corrected chi connectivity index (χ1v) is 14.5. The standard InChI is InChI=1S/C38H33N4O.Pt/c1-26-13-14-27(2)35(21-26)41-20-19-40(25-41)29-9-8-10-30(23-29)43-31-15-16-33-32-11-6-7-12-34(32)42(36(33)24-31)37-22-28(17-18-39-37)38(3,4)5;/h6-22,25H,1-5H3;/q-3;. The molecule has 0 bridgehead atoms. The third-order valence-corrected chi connectivity index (χ3v) is 7.93. The maximum atomic E-state index is 6.37. The van der Waals surface area contributed by atoms with Crippen LogP contribution in [0.5, 0.6) is 11.5 Å². The number of nitrogens with zero attached hydrogens (tertiary/aromatic N) is 4. The summed E-state index contributed by atoms with van der Waals surface area (Å²) in [5.41, 5.74) is 7.74. The zero-order valence-electron chi connectivity index (χ0n) is 25.4. The van der Waals surface area contributed by atoms with Gasteiger partial charge in [-0.1, -0.05) is 56.6 Å². The first kappa shape index (κ1) is 29.7. The second-order valence-electron chi connectivity index (χ2n) is 12.1. The maximum absolute atomic E-state index is 6.37. The van der Waals surface area contributed by atoms with Gasteiger partial charge in [-0.25, -0.2) is 4.98 Å². The number of anilines is 2. The van der Waals surface area contributed by atoms with Crippen molar-refractivity contribution < 1.29 is 25.8 Å². The van der Waals surface area contributed by atoms with Gasteiger partial charge in [0.25, 0.3) is 0 Å². The zero-order valence-corrected chi connectivity index (χ0v) is 27.7. The van der Waals surface area contributed by atoms with Gasteiger partial charge in [-0.15, -0.1) is 48.1 Å². The molecule has 4 aromatic carbocycles. The fourth-order valence-corrected chi connectivity index (χ4v) is 5.58. The molecular weight excluding hydrogens is 724 g/mol. The summed E-state index contributed by atoms with van der Waals surface area (Å²) in [6.07, 6.45) is 5.99. The van der Waals surface area contributed by atoms with Gasteiger partial charge in [0.15, 0.2) is 0 Å². The Balaban J connectivity index is 0.00000343. The molecule has 0 aliphatic carbocycles. The summed E-state index contributed by atoms with van der Waals surface area (Å²) >= 11 is 0. The smallest absolute Gasteiger partial charge is 0.135 e. The summed E-state index contributed by atoms with van der Waals surface area (Å²) in [7, 11) is 0. The van der Waals surface area contributed by atoms with Crippen molar-refractivity contribution in [3.05, 3.63) is 139 Å². The molecule has 7 rings (SSSR count). The Morgan fingerprint density at radius 2 is 1.57 bits per heavy atom. The molecule has 224 valence electrons. The Hall–Kier alpha value is -4.34. The van der Waals surface area contributed by atoms with Crippen molar-refractivity contribution in [2.45, 2.75) is 40.0 Å². The molecule has 2 aromatic heterocycles. The van der Waals surface area contributed by atoms with Crippen LogP contribution in [-0.2, 0) is 26.5 Å². The van der Waals surface area contributed by atoms with E-state index in [9.17, 15) is 0 Å².